The minimum atomic E-state index is -3.99. The number of aryl methyl sites for hydroxylation is 1. The molecule has 10 heteroatoms. The van der Waals surface area contributed by atoms with Crippen molar-refractivity contribution >= 4 is 33.0 Å². The van der Waals surface area contributed by atoms with Crippen molar-refractivity contribution in [3.8, 4) is 0 Å². The lowest BCUT2D eigenvalue weighted by molar-refractivity contribution is -0.385. The molecule has 1 aliphatic rings. The fourth-order valence-electron chi connectivity index (χ4n) is 3.10. The number of ether oxygens (including phenoxy) is 1. The second-order valence-corrected chi connectivity index (χ2v) is 7.97. The number of sulfonamides is 1. The first kappa shape index (κ1) is 19.8. The van der Waals surface area contributed by atoms with Crippen LogP contribution in [0.3, 0.4) is 0 Å². The van der Waals surface area contributed by atoms with Gasteiger partial charge in [0.15, 0.2) is 0 Å². The van der Waals surface area contributed by atoms with Crippen molar-refractivity contribution in [2.24, 2.45) is 0 Å². The standard InChI is InChI=1S/C18H19N3O6S/c1-27-12-18(22)20-9-3-4-13-10-14(7-8-17(13)20)19-28(25,26)16-6-2-5-15(11-16)21(23)24/h2,5-8,10-11,19H,3-4,9,12H2,1H3. The molecule has 3 rings (SSSR count). The quantitative estimate of drug-likeness (QED) is 0.582. The molecule has 1 amide bonds. The Morgan fingerprint density at radius 3 is 2.79 bits per heavy atom. The van der Waals surface area contributed by atoms with Gasteiger partial charge in [-0.05, 0) is 42.7 Å². The van der Waals surface area contributed by atoms with Crippen LogP contribution in [0.4, 0.5) is 17.1 Å². The van der Waals surface area contributed by atoms with E-state index >= 15 is 0 Å². The fraction of sp³-hybridized carbons (Fsp3) is 0.278. The van der Waals surface area contributed by atoms with Crippen LogP contribution in [0, 0.1) is 10.1 Å². The Bertz CT molecular complexity index is 1020. The van der Waals surface area contributed by atoms with Gasteiger partial charge < -0.3 is 9.64 Å². The molecular weight excluding hydrogens is 386 g/mol. The lowest BCUT2D eigenvalue weighted by atomic mass is 10.0. The molecular formula is C18H19N3O6S. The topological polar surface area (TPSA) is 119 Å². The van der Waals surface area contributed by atoms with E-state index in [9.17, 15) is 23.3 Å². The van der Waals surface area contributed by atoms with Crippen LogP contribution in [-0.2, 0) is 26.0 Å². The maximum absolute atomic E-state index is 12.6. The van der Waals surface area contributed by atoms with Crippen LogP contribution in [0.5, 0.6) is 0 Å². The lowest BCUT2D eigenvalue weighted by Gasteiger charge is -2.29. The zero-order valence-corrected chi connectivity index (χ0v) is 15.9. The highest BCUT2D eigenvalue weighted by Gasteiger charge is 2.24. The number of hydrogen-bond acceptors (Lipinski definition) is 6. The lowest BCUT2D eigenvalue weighted by Crippen LogP contribution is -2.37. The Kier molecular flexibility index (Phi) is 5.61. The summed E-state index contributed by atoms with van der Waals surface area (Å²) in [4.78, 5) is 23.8. The SMILES string of the molecule is COCC(=O)N1CCCc2cc(NS(=O)(=O)c3cccc([N+](=O)[O-])c3)ccc21. The van der Waals surface area contributed by atoms with E-state index in [1.54, 1.807) is 23.1 Å². The number of carbonyl (C=O) groups excluding carboxylic acids is 1. The summed E-state index contributed by atoms with van der Waals surface area (Å²) >= 11 is 0. The summed E-state index contributed by atoms with van der Waals surface area (Å²) in [5.41, 5.74) is 1.59. The van der Waals surface area contributed by atoms with Gasteiger partial charge in [-0.2, -0.15) is 0 Å². The zero-order valence-electron chi connectivity index (χ0n) is 15.1. The third-order valence-corrected chi connectivity index (χ3v) is 5.74. The summed E-state index contributed by atoms with van der Waals surface area (Å²) in [6.07, 6.45) is 1.46. The molecule has 9 nitrogen and oxygen atoms in total. The molecule has 1 N–H and O–H groups in total. The second kappa shape index (κ2) is 7.95. The highest BCUT2D eigenvalue weighted by Crippen LogP contribution is 2.31. The largest absolute Gasteiger partial charge is 0.375 e. The van der Waals surface area contributed by atoms with Crippen LogP contribution in [0.1, 0.15) is 12.0 Å². The normalized spacial score (nSPS) is 13.7. The first-order valence-electron chi connectivity index (χ1n) is 8.51. The van der Waals surface area contributed by atoms with E-state index in [1.807, 2.05) is 0 Å². The summed E-state index contributed by atoms with van der Waals surface area (Å²) in [5, 5.41) is 10.9. The number of nitro groups is 1. The van der Waals surface area contributed by atoms with Crippen molar-refractivity contribution in [2.75, 3.05) is 29.9 Å². The van der Waals surface area contributed by atoms with Gasteiger partial charge in [-0.3, -0.25) is 19.6 Å². The molecule has 0 saturated carbocycles. The molecule has 0 spiro atoms. The maximum Gasteiger partial charge on any atom is 0.270 e. The Balaban J connectivity index is 1.87. The highest BCUT2D eigenvalue weighted by atomic mass is 32.2. The van der Waals surface area contributed by atoms with Gasteiger partial charge >= 0.3 is 0 Å². The number of nitrogens with one attached hydrogen (secondary N) is 1. The van der Waals surface area contributed by atoms with Gasteiger partial charge in [0.1, 0.15) is 6.61 Å². The van der Waals surface area contributed by atoms with Gasteiger partial charge in [-0.15, -0.1) is 0 Å². The van der Waals surface area contributed by atoms with E-state index < -0.39 is 14.9 Å². The highest BCUT2D eigenvalue weighted by molar-refractivity contribution is 7.92. The average Bonchev–Trinajstić information content (AvgIpc) is 2.67. The number of non-ortho nitro benzene ring substituents is 1. The van der Waals surface area contributed by atoms with Crippen LogP contribution in [0.15, 0.2) is 47.4 Å². The molecule has 0 radical (unpaired) electrons. The molecule has 2 aromatic carbocycles. The molecule has 148 valence electrons. The summed E-state index contributed by atoms with van der Waals surface area (Å²) in [6, 6.07) is 9.77. The number of amides is 1. The fourth-order valence-corrected chi connectivity index (χ4v) is 4.19. The van der Waals surface area contributed by atoms with Crippen LogP contribution >= 0.6 is 0 Å². The van der Waals surface area contributed by atoms with Gasteiger partial charge in [-0.25, -0.2) is 8.42 Å². The molecule has 28 heavy (non-hydrogen) atoms. The summed E-state index contributed by atoms with van der Waals surface area (Å²) in [5.74, 6) is -0.159. The maximum atomic E-state index is 12.6. The number of hydrogen-bond donors (Lipinski definition) is 1. The summed E-state index contributed by atoms with van der Waals surface area (Å²) in [6.45, 7) is 0.550. The Morgan fingerprint density at radius 1 is 1.29 bits per heavy atom. The molecule has 0 atom stereocenters. The van der Waals surface area contributed by atoms with Crippen LogP contribution in [0.2, 0.25) is 0 Å². The first-order chi connectivity index (χ1) is 13.3. The second-order valence-electron chi connectivity index (χ2n) is 6.29. The van der Waals surface area contributed by atoms with Crippen LogP contribution in [-0.4, -0.2) is 39.5 Å². The number of carbonyl (C=O) groups is 1. The average molecular weight is 405 g/mol. The number of benzene rings is 2. The zero-order chi connectivity index (χ0) is 20.3. The third-order valence-electron chi connectivity index (χ3n) is 4.36. The Labute approximate surface area is 162 Å². The molecule has 0 aliphatic carbocycles. The van der Waals surface area contributed by atoms with Crippen molar-refractivity contribution in [3.63, 3.8) is 0 Å². The Morgan fingerprint density at radius 2 is 2.07 bits per heavy atom. The van der Waals surface area contributed by atoms with Gasteiger partial charge in [-0.1, -0.05) is 6.07 Å². The number of methoxy groups -OCH3 is 1. The van der Waals surface area contributed by atoms with Gasteiger partial charge in [0.25, 0.3) is 21.6 Å². The third kappa shape index (κ3) is 4.12. The Hall–Kier alpha value is -2.98. The van der Waals surface area contributed by atoms with Crippen molar-refractivity contribution in [3.05, 3.63) is 58.1 Å². The summed E-state index contributed by atoms with van der Waals surface area (Å²) in [7, 11) is -2.54. The van der Waals surface area contributed by atoms with E-state index in [0.29, 0.717) is 18.7 Å². The minimum Gasteiger partial charge on any atom is -0.375 e. The number of nitrogens with zero attached hydrogens (tertiary/aromatic N) is 2. The van der Waals surface area contributed by atoms with Crippen LogP contribution in [0.25, 0.3) is 0 Å². The molecule has 0 bridgehead atoms. The first-order valence-corrected chi connectivity index (χ1v) is 9.99. The smallest absolute Gasteiger partial charge is 0.270 e. The number of fused-ring (bicyclic) bond motifs is 1. The van der Waals surface area contributed by atoms with E-state index in [2.05, 4.69) is 4.72 Å². The molecule has 1 aliphatic heterocycles. The molecule has 0 unspecified atom stereocenters. The predicted molar refractivity (Wildman–Crippen MR) is 103 cm³/mol. The van der Waals surface area contributed by atoms with Crippen molar-refractivity contribution < 1.29 is 22.9 Å². The minimum absolute atomic E-state index is 0.0272. The monoisotopic (exact) mass is 405 g/mol. The number of nitro benzene ring substituents is 1. The molecule has 0 aromatic heterocycles. The molecule has 0 fully saturated rings. The van der Waals surface area contributed by atoms with E-state index in [-0.39, 0.29) is 23.1 Å². The van der Waals surface area contributed by atoms with Crippen molar-refractivity contribution in [1.82, 2.24) is 0 Å². The van der Waals surface area contributed by atoms with E-state index in [1.165, 1.54) is 25.3 Å². The number of anilines is 2. The van der Waals surface area contributed by atoms with Crippen LogP contribution < -0.4 is 9.62 Å². The molecule has 2 aromatic rings. The van der Waals surface area contributed by atoms with Gasteiger partial charge in [0, 0.05) is 37.2 Å². The van der Waals surface area contributed by atoms with E-state index in [0.717, 1.165) is 23.7 Å². The number of rotatable bonds is 6. The molecule has 1 heterocycles. The van der Waals surface area contributed by atoms with Gasteiger partial charge in [0.05, 0.1) is 9.82 Å². The molecule has 0 saturated heterocycles. The predicted octanol–water partition coefficient (Wildman–Crippen LogP) is 2.32. The summed E-state index contributed by atoms with van der Waals surface area (Å²) < 4.78 is 32.5. The van der Waals surface area contributed by atoms with Crippen molar-refractivity contribution in [1.29, 1.82) is 0 Å². The van der Waals surface area contributed by atoms with Crippen molar-refractivity contribution in [2.45, 2.75) is 17.7 Å². The van der Waals surface area contributed by atoms with Gasteiger partial charge in [0.2, 0.25) is 0 Å². The van der Waals surface area contributed by atoms with E-state index in [4.69, 9.17) is 4.74 Å².